The molecule has 1 aromatic carbocycles. The maximum absolute atomic E-state index is 12.6. The topological polar surface area (TPSA) is 61.8 Å². The second-order valence-corrected chi connectivity index (χ2v) is 6.24. The normalized spacial score (nSPS) is 18.8. The Morgan fingerprint density at radius 2 is 1.89 bits per heavy atom. The zero-order valence-corrected chi connectivity index (χ0v) is 11.9. The molecule has 19 heavy (non-hydrogen) atoms. The number of hydrogen-bond acceptors (Lipinski definition) is 5. The minimum absolute atomic E-state index is 0.00823. The van der Waals surface area contributed by atoms with Crippen molar-refractivity contribution < 1.29 is 23.1 Å². The van der Waals surface area contributed by atoms with E-state index in [0.717, 1.165) is 0 Å². The molecular weight excluding hydrogens is 267 g/mol. The Hall–Kier alpha value is -1.16. The number of hydrogen-bond donors (Lipinski definition) is 0. The number of rotatable bonds is 5. The maximum Gasteiger partial charge on any atom is 0.371 e. The van der Waals surface area contributed by atoms with Gasteiger partial charge in [0, 0.05) is 0 Å². The molecule has 0 bridgehead atoms. The van der Waals surface area contributed by atoms with Gasteiger partial charge in [-0.25, -0.2) is 0 Å². The van der Waals surface area contributed by atoms with Crippen LogP contribution >= 0.6 is 7.60 Å². The Morgan fingerprint density at radius 1 is 1.26 bits per heavy atom. The molecule has 5 nitrogen and oxygen atoms in total. The van der Waals surface area contributed by atoms with Crippen LogP contribution in [0, 0.1) is 0 Å². The van der Waals surface area contributed by atoms with Gasteiger partial charge in [0.05, 0.1) is 25.2 Å². The monoisotopic (exact) mass is 284 g/mol. The Kier molecular flexibility index (Phi) is 4.40. The third kappa shape index (κ3) is 2.89. The Morgan fingerprint density at radius 3 is 2.53 bits per heavy atom. The van der Waals surface area contributed by atoms with Crippen LogP contribution in [0.2, 0.25) is 0 Å². The fraction of sp³-hybridized carbons (Fsp3) is 0.462. The first-order valence-electron chi connectivity index (χ1n) is 6.28. The Balaban J connectivity index is 2.28. The highest BCUT2D eigenvalue weighted by molar-refractivity contribution is 7.54. The average molecular weight is 284 g/mol. The lowest BCUT2D eigenvalue weighted by Gasteiger charge is -2.30. The van der Waals surface area contributed by atoms with Gasteiger partial charge in [-0.1, -0.05) is 12.1 Å². The predicted molar refractivity (Wildman–Crippen MR) is 70.7 cm³/mol. The molecule has 0 aliphatic carbocycles. The summed E-state index contributed by atoms with van der Waals surface area (Å²) >= 11 is 0. The van der Waals surface area contributed by atoms with Gasteiger partial charge >= 0.3 is 7.60 Å². The Labute approximate surface area is 112 Å². The second kappa shape index (κ2) is 5.87. The highest BCUT2D eigenvalue weighted by Crippen LogP contribution is 2.56. The lowest BCUT2D eigenvalue weighted by atomic mass is 10.1. The first-order chi connectivity index (χ1) is 9.10. The van der Waals surface area contributed by atoms with Crippen molar-refractivity contribution in [2.75, 3.05) is 13.2 Å². The minimum Gasteiger partial charge on any atom is -0.477 e. The number of Topliss-reactive ketones (excluding diaryl/α,β-unsaturated/α-hetero) is 1. The number of carbonyl (C=O) groups excluding carboxylic acids is 1. The molecule has 6 heteroatoms. The van der Waals surface area contributed by atoms with Crippen LogP contribution < -0.4 is 4.74 Å². The zero-order chi connectivity index (χ0) is 13.9. The predicted octanol–water partition coefficient (Wildman–Crippen LogP) is 3.24. The third-order valence-electron chi connectivity index (χ3n) is 2.78. The van der Waals surface area contributed by atoms with Crippen LogP contribution in [0.4, 0.5) is 0 Å². The van der Waals surface area contributed by atoms with Gasteiger partial charge in [0.15, 0.2) is 5.78 Å². The first-order valence-corrected chi connectivity index (χ1v) is 7.89. The first kappa shape index (κ1) is 14.3. The number of ether oxygens (including phenoxy) is 1. The van der Waals surface area contributed by atoms with E-state index in [4.69, 9.17) is 13.8 Å². The van der Waals surface area contributed by atoms with Gasteiger partial charge < -0.3 is 13.8 Å². The third-order valence-corrected chi connectivity index (χ3v) is 5.01. The van der Waals surface area contributed by atoms with Crippen LogP contribution in [0.5, 0.6) is 5.75 Å². The lowest BCUT2D eigenvalue weighted by molar-refractivity contribution is 0.0866. The molecule has 0 aromatic heterocycles. The summed E-state index contributed by atoms with van der Waals surface area (Å²) in [5.74, 6) is -0.537. The zero-order valence-electron chi connectivity index (χ0n) is 11.0. The summed E-state index contributed by atoms with van der Waals surface area (Å²) in [5, 5.41) is 0. The average Bonchev–Trinajstić information content (AvgIpc) is 2.39. The molecule has 1 unspecified atom stereocenters. The second-order valence-electron chi connectivity index (χ2n) is 4.07. The van der Waals surface area contributed by atoms with Gasteiger partial charge in [0.2, 0.25) is 5.85 Å². The molecule has 0 saturated heterocycles. The highest BCUT2D eigenvalue weighted by atomic mass is 31.2. The van der Waals surface area contributed by atoms with Crippen molar-refractivity contribution in [1.82, 2.24) is 0 Å². The summed E-state index contributed by atoms with van der Waals surface area (Å²) in [6.45, 7) is 3.94. The molecule has 1 heterocycles. The molecule has 0 spiro atoms. The Bertz CT molecular complexity index is 504. The molecular formula is C13H17O5P. The van der Waals surface area contributed by atoms with Crippen molar-refractivity contribution in [3.8, 4) is 5.75 Å². The van der Waals surface area contributed by atoms with Gasteiger partial charge in [0.1, 0.15) is 5.75 Å². The number of para-hydroxylation sites is 1. The number of carbonyl (C=O) groups is 1. The molecule has 0 radical (unpaired) electrons. The van der Waals surface area contributed by atoms with Crippen molar-refractivity contribution in [3.05, 3.63) is 29.8 Å². The van der Waals surface area contributed by atoms with E-state index < -0.39 is 13.4 Å². The summed E-state index contributed by atoms with van der Waals surface area (Å²) in [5.41, 5.74) is 0.512. The minimum atomic E-state index is -3.43. The van der Waals surface area contributed by atoms with Crippen molar-refractivity contribution in [2.24, 2.45) is 0 Å². The quantitative estimate of drug-likeness (QED) is 0.777. The molecule has 0 N–H and O–H groups in total. The number of ketones is 1. The van der Waals surface area contributed by atoms with Crippen LogP contribution in [-0.4, -0.2) is 24.8 Å². The summed E-state index contributed by atoms with van der Waals surface area (Å²) < 4.78 is 28.7. The van der Waals surface area contributed by atoms with Gasteiger partial charge in [-0.05, 0) is 26.0 Å². The molecule has 0 fully saturated rings. The van der Waals surface area contributed by atoms with Crippen LogP contribution in [-0.2, 0) is 13.6 Å². The van der Waals surface area contributed by atoms with Gasteiger partial charge in [-0.2, -0.15) is 0 Å². The fourth-order valence-electron chi connectivity index (χ4n) is 2.00. The van der Waals surface area contributed by atoms with Gasteiger partial charge in [-0.15, -0.1) is 0 Å². The largest absolute Gasteiger partial charge is 0.477 e. The SMILES string of the molecule is CCOP(=O)(OCC)C1CC(=O)c2ccccc2O1. The van der Waals surface area contributed by atoms with Crippen molar-refractivity contribution in [1.29, 1.82) is 0 Å². The molecule has 2 rings (SSSR count). The lowest BCUT2D eigenvalue weighted by Crippen LogP contribution is -2.28. The molecule has 0 saturated carbocycles. The standard InChI is InChI=1S/C13H17O5P/c1-3-16-19(15,17-4-2)13-9-11(14)10-7-5-6-8-12(10)18-13/h5-8,13H,3-4,9H2,1-2H3. The van der Waals surface area contributed by atoms with Gasteiger partial charge in [-0.3, -0.25) is 9.36 Å². The van der Waals surface area contributed by atoms with Crippen molar-refractivity contribution in [3.63, 3.8) is 0 Å². The smallest absolute Gasteiger partial charge is 0.371 e. The summed E-state index contributed by atoms with van der Waals surface area (Å²) in [6, 6.07) is 6.91. The summed E-state index contributed by atoms with van der Waals surface area (Å²) in [7, 11) is -3.43. The molecule has 1 aromatic rings. The van der Waals surface area contributed by atoms with E-state index in [1.165, 1.54) is 0 Å². The molecule has 0 amide bonds. The number of benzene rings is 1. The summed E-state index contributed by atoms with van der Waals surface area (Å²) in [6.07, 6.45) is 0.00823. The van der Waals surface area contributed by atoms with Crippen LogP contribution in [0.3, 0.4) is 0 Å². The van der Waals surface area contributed by atoms with Crippen LogP contribution in [0.1, 0.15) is 30.6 Å². The number of fused-ring (bicyclic) bond motifs is 1. The van der Waals surface area contributed by atoms with E-state index in [-0.39, 0.29) is 25.4 Å². The van der Waals surface area contributed by atoms with Crippen LogP contribution in [0.15, 0.2) is 24.3 Å². The van der Waals surface area contributed by atoms with E-state index >= 15 is 0 Å². The van der Waals surface area contributed by atoms with Crippen LogP contribution in [0.25, 0.3) is 0 Å². The van der Waals surface area contributed by atoms with E-state index in [1.807, 2.05) is 0 Å². The van der Waals surface area contributed by atoms with E-state index in [9.17, 15) is 9.36 Å². The molecule has 1 aliphatic rings. The molecule has 1 atom stereocenters. The van der Waals surface area contributed by atoms with Crippen molar-refractivity contribution in [2.45, 2.75) is 26.1 Å². The highest BCUT2D eigenvalue weighted by Gasteiger charge is 2.42. The summed E-state index contributed by atoms with van der Waals surface area (Å²) in [4.78, 5) is 12.0. The van der Waals surface area contributed by atoms with Crippen molar-refractivity contribution >= 4 is 13.4 Å². The fourth-order valence-corrected chi connectivity index (χ4v) is 3.76. The molecule has 1 aliphatic heterocycles. The van der Waals surface area contributed by atoms with E-state index in [2.05, 4.69) is 0 Å². The maximum atomic E-state index is 12.6. The van der Waals surface area contributed by atoms with Gasteiger partial charge in [0.25, 0.3) is 0 Å². The molecule has 104 valence electrons. The van der Waals surface area contributed by atoms with E-state index in [1.54, 1.807) is 38.1 Å². The van der Waals surface area contributed by atoms with E-state index in [0.29, 0.717) is 11.3 Å².